The second-order valence-electron chi connectivity index (χ2n) is 3.52. The van der Waals surface area contributed by atoms with Gasteiger partial charge in [-0.05, 0) is 11.6 Å². The van der Waals surface area contributed by atoms with Crippen LogP contribution < -0.4 is 5.73 Å². The molecule has 0 aliphatic carbocycles. The smallest absolute Gasteiger partial charge is 0.357 e. The summed E-state index contributed by atoms with van der Waals surface area (Å²) in [6.45, 7) is 0. The van der Waals surface area contributed by atoms with Crippen molar-refractivity contribution in [2.75, 3.05) is 12.8 Å². The van der Waals surface area contributed by atoms with Crippen LogP contribution in [0.2, 0.25) is 0 Å². The zero-order chi connectivity index (χ0) is 12.3. The van der Waals surface area contributed by atoms with Crippen molar-refractivity contribution in [3.8, 4) is 11.1 Å². The predicted molar refractivity (Wildman–Crippen MR) is 65.4 cm³/mol. The van der Waals surface area contributed by atoms with Gasteiger partial charge in [-0.25, -0.2) is 9.78 Å². The fourth-order valence-electron chi connectivity index (χ4n) is 1.58. The van der Waals surface area contributed by atoms with E-state index in [0.717, 1.165) is 5.56 Å². The Kier molecular flexibility index (Phi) is 3.05. The maximum Gasteiger partial charge on any atom is 0.357 e. The molecule has 1 heterocycles. The first-order chi connectivity index (χ1) is 8.22. The van der Waals surface area contributed by atoms with Crippen LogP contribution >= 0.6 is 0 Å². The van der Waals surface area contributed by atoms with Crippen LogP contribution in [0.4, 0.5) is 5.69 Å². The van der Waals surface area contributed by atoms with E-state index in [9.17, 15) is 4.79 Å². The van der Waals surface area contributed by atoms with Crippen LogP contribution in [0.3, 0.4) is 0 Å². The van der Waals surface area contributed by atoms with E-state index in [4.69, 9.17) is 10.5 Å². The number of nitrogen functional groups attached to an aromatic ring is 1. The maximum absolute atomic E-state index is 11.6. The van der Waals surface area contributed by atoms with Crippen molar-refractivity contribution < 1.29 is 9.53 Å². The Hall–Kier alpha value is -2.36. The largest absolute Gasteiger partial charge is 0.464 e. The SMILES string of the molecule is COC(=O)c1ncc(N)cc1-c1ccccc1. The Morgan fingerprint density at radius 3 is 2.65 bits per heavy atom. The quantitative estimate of drug-likeness (QED) is 0.799. The number of ether oxygens (including phenoxy) is 1. The first kappa shape index (κ1) is 11.1. The van der Waals surface area contributed by atoms with Gasteiger partial charge in [-0.15, -0.1) is 0 Å². The average Bonchev–Trinajstić information content (AvgIpc) is 2.39. The van der Waals surface area contributed by atoms with Gasteiger partial charge in [-0.3, -0.25) is 0 Å². The molecule has 0 aliphatic heterocycles. The highest BCUT2D eigenvalue weighted by Gasteiger charge is 2.14. The van der Waals surface area contributed by atoms with E-state index in [1.54, 1.807) is 6.07 Å². The van der Waals surface area contributed by atoms with Gasteiger partial charge in [0.2, 0.25) is 0 Å². The van der Waals surface area contributed by atoms with E-state index in [1.807, 2.05) is 30.3 Å². The average molecular weight is 228 g/mol. The number of hydrogen-bond acceptors (Lipinski definition) is 4. The van der Waals surface area contributed by atoms with Crippen LogP contribution in [-0.4, -0.2) is 18.1 Å². The molecule has 4 heteroatoms. The van der Waals surface area contributed by atoms with Crippen LogP contribution in [0.5, 0.6) is 0 Å². The molecule has 0 saturated carbocycles. The molecule has 0 saturated heterocycles. The summed E-state index contributed by atoms with van der Waals surface area (Å²) in [6, 6.07) is 11.2. The molecule has 0 radical (unpaired) electrons. The molecular weight excluding hydrogens is 216 g/mol. The van der Waals surface area contributed by atoms with E-state index in [2.05, 4.69) is 4.98 Å². The number of benzene rings is 1. The molecule has 0 amide bonds. The highest BCUT2D eigenvalue weighted by Crippen LogP contribution is 2.24. The lowest BCUT2D eigenvalue weighted by Crippen LogP contribution is -2.07. The lowest BCUT2D eigenvalue weighted by atomic mass is 10.0. The molecule has 0 aliphatic rings. The second kappa shape index (κ2) is 4.65. The third-order valence-corrected chi connectivity index (χ3v) is 2.37. The standard InChI is InChI=1S/C13H12N2O2/c1-17-13(16)12-11(7-10(14)8-15-12)9-5-3-2-4-6-9/h2-8H,14H2,1H3. The van der Waals surface area contributed by atoms with Crippen molar-refractivity contribution >= 4 is 11.7 Å². The third-order valence-electron chi connectivity index (χ3n) is 2.37. The molecule has 0 atom stereocenters. The molecule has 0 fully saturated rings. The first-order valence-electron chi connectivity index (χ1n) is 5.11. The topological polar surface area (TPSA) is 65.2 Å². The molecule has 17 heavy (non-hydrogen) atoms. The van der Waals surface area contributed by atoms with Gasteiger partial charge >= 0.3 is 5.97 Å². The van der Waals surface area contributed by atoms with E-state index in [0.29, 0.717) is 11.3 Å². The summed E-state index contributed by atoms with van der Waals surface area (Å²) in [5, 5.41) is 0. The van der Waals surface area contributed by atoms with Gasteiger partial charge in [0.1, 0.15) is 0 Å². The Bertz CT molecular complexity index is 538. The molecule has 2 aromatic rings. The summed E-state index contributed by atoms with van der Waals surface area (Å²) >= 11 is 0. The van der Waals surface area contributed by atoms with Gasteiger partial charge in [0, 0.05) is 5.56 Å². The Morgan fingerprint density at radius 1 is 1.29 bits per heavy atom. The molecular formula is C13H12N2O2. The van der Waals surface area contributed by atoms with E-state index >= 15 is 0 Å². The van der Waals surface area contributed by atoms with Crippen LogP contribution in [0.1, 0.15) is 10.5 Å². The number of esters is 1. The van der Waals surface area contributed by atoms with Crippen molar-refractivity contribution in [1.82, 2.24) is 4.98 Å². The molecule has 4 nitrogen and oxygen atoms in total. The second-order valence-corrected chi connectivity index (χ2v) is 3.52. The first-order valence-corrected chi connectivity index (χ1v) is 5.11. The Labute approximate surface area is 99.1 Å². The van der Waals surface area contributed by atoms with Gasteiger partial charge < -0.3 is 10.5 Å². The molecule has 1 aromatic heterocycles. The number of methoxy groups -OCH3 is 1. The zero-order valence-corrected chi connectivity index (χ0v) is 9.38. The summed E-state index contributed by atoms with van der Waals surface area (Å²) in [5.74, 6) is -0.469. The zero-order valence-electron chi connectivity index (χ0n) is 9.38. The minimum Gasteiger partial charge on any atom is -0.464 e. The fraction of sp³-hybridized carbons (Fsp3) is 0.0769. The minimum absolute atomic E-state index is 0.271. The molecule has 0 unspecified atom stereocenters. The summed E-state index contributed by atoms with van der Waals surface area (Å²) in [6.07, 6.45) is 1.44. The number of carbonyl (C=O) groups excluding carboxylic acids is 1. The van der Waals surface area contributed by atoms with Crippen molar-refractivity contribution in [1.29, 1.82) is 0 Å². The summed E-state index contributed by atoms with van der Waals surface area (Å²) in [5.41, 5.74) is 8.03. The van der Waals surface area contributed by atoms with E-state index in [1.165, 1.54) is 13.3 Å². The van der Waals surface area contributed by atoms with Gasteiger partial charge in [0.15, 0.2) is 5.69 Å². The van der Waals surface area contributed by atoms with Crippen LogP contribution in [0.25, 0.3) is 11.1 Å². The highest BCUT2D eigenvalue weighted by atomic mass is 16.5. The number of anilines is 1. The maximum atomic E-state index is 11.6. The van der Waals surface area contributed by atoms with E-state index in [-0.39, 0.29) is 5.69 Å². The van der Waals surface area contributed by atoms with E-state index < -0.39 is 5.97 Å². The number of nitrogens with two attached hydrogens (primary N) is 1. The van der Waals surface area contributed by atoms with Crippen molar-refractivity contribution in [2.24, 2.45) is 0 Å². The summed E-state index contributed by atoms with van der Waals surface area (Å²) in [7, 11) is 1.33. The normalized spacial score (nSPS) is 9.94. The molecule has 2 rings (SSSR count). The molecule has 1 aromatic carbocycles. The van der Waals surface area contributed by atoms with Crippen molar-refractivity contribution in [3.05, 3.63) is 48.3 Å². The lowest BCUT2D eigenvalue weighted by molar-refractivity contribution is 0.0595. The third kappa shape index (κ3) is 2.25. The van der Waals surface area contributed by atoms with Gasteiger partial charge in [0.05, 0.1) is 19.0 Å². The Morgan fingerprint density at radius 2 is 2.00 bits per heavy atom. The Balaban J connectivity index is 2.59. The molecule has 0 bridgehead atoms. The minimum atomic E-state index is -0.469. The summed E-state index contributed by atoms with van der Waals surface area (Å²) in [4.78, 5) is 15.6. The van der Waals surface area contributed by atoms with Gasteiger partial charge in [0.25, 0.3) is 0 Å². The monoisotopic (exact) mass is 228 g/mol. The lowest BCUT2D eigenvalue weighted by Gasteiger charge is -2.07. The van der Waals surface area contributed by atoms with Gasteiger partial charge in [-0.2, -0.15) is 0 Å². The number of hydrogen-bond donors (Lipinski definition) is 1. The number of aromatic nitrogens is 1. The predicted octanol–water partition coefficient (Wildman–Crippen LogP) is 2.12. The summed E-state index contributed by atoms with van der Waals surface area (Å²) < 4.78 is 4.70. The fourth-order valence-corrected chi connectivity index (χ4v) is 1.58. The highest BCUT2D eigenvalue weighted by molar-refractivity contribution is 5.95. The van der Waals surface area contributed by atoms with Crippen LogP contribution in [-0.2, 0) is 4.74 Å². The number of rotatable bonds is 2. The number of pyridine rings is 1. The molecule has 86 valence electrons. The van der Waals surface area contributed by atoms with Crippen molar-refractivity contribution in [3.63, 3.8) is 0 Å². The molecule has 2 N–H and O–H groups in total. The number of carbonyl (C=O) groups is 1. The van der Waals surface area contributed by atoms with Crippen LogP contribution in [0, 0.1) is 0 Å². The van der Waals surface area contributed by atoms with Gasteiger partial charge in [-0.1, -0.05) is 30.3 Å². The molecule has 0 spiro atoms. The number of nitrogens with zero attached hydrogens (tertiary/aromatic N) is 1. The van der Waals surface area contributed by atoms with Crippen LogP contribution in [0.15, 0.2) is 42.6 Å². The van der Waals surface area contributed by atoms with Crippen molar-refractivity contribution in [2.45, 2.75) is 0 Å².